The number of nitrogens with zero attached hydrogens (tertiary/aromatic N) is 4. The van der Waals surface area contributed by atoms with E-state index in [0.717, 1.165) is 58.6 Å². The number of carbonyl (C=O) groups is 1. The first-order valence-corrected chi connectivity index (χ1v) is 11.3. The van der Waals surface area contributed by atoms with E-state index in [1.54, 1.807) is 0 Å². The van der Waals surface area contributed by atoms with Crippen molar-refractivity contribution in [2.24, 2.45) is 12.8 Å². The molecular formula is C25H27N5O2. The Balaban J connectivity index is 1.45. The summed E-state index contributed by atoms with van der Waals surface area (Å²) in [5, 5.41) is 1.15. The van der Waals surface area contributed by atoms with Crippen LogP contribution in [0.4, 0.5) is 0 Å². The number of aryl methyl sites for hydroxylation is 1. The van der Waals surface area contributed by atoms with E-state index in [0.29, 0.717) is 18.7 Å². The maximum Gasteiger partial charge on any atom is 0.253 e. The number of nitrogens with two attached hydrogens (primary N) is 1. The van der Waals surface area contributed by atoms with E-state index in [9.17, 15) is 4.79 Å². The Hall–Kier alpha value is -3.32. The van der Waals surface area contributed by atoms with Gasteiger partial charge in [-0.3, -0.25) is 4.79 Å². The summed E-state index contributed by atoms with van der Waals surface area (Å²) >= 11 is 0. The predicted octanol–water partition coefficient (Wildman–Crippen LogP) is 3.71. The second kappa shape index (κ2) is 7.10. The number of hydrogen-bond acceptors (Lipinski definition) is 4. The summed E-state index contributed by atoms with van der Waals surface area (Å²) in [6.45, 7) is 4.18. The second-order valence-corrected chi connectivity index (χ2v) is 9.10. The van der Waals surface area contributed by atoms with Gasteiger partial charge >= 0.3 is 0 Å². The molecular weight excluding hydrogens is 402 g/mol. The first-order chi connectivity index (χ1) is 15.5. The molecule has 0 bridgehead atoms. The molecule has 1 amide bonds. The third-order valence-electron chi connectivity index (χ3n) is 6.85. The molecule has 32 heavy (non-hydrogen) atoms. The van der Waals surface area contributed by atoms with Crippen LogP contribution in [0.5, 0.6) is 5.75 Å². The highest BCUT2D eigenvalue weighted by Crippen LogP contribution is 2.39. The number of rotatable bonds is 2. The quantitative estimate of drug-likeness (QED) is 0.527. The van der Waals surface area contributed by atoms with E-state index in [1.165, 1.54) is 0 Å². The fourth-order valence-electron chi connectivity index (χ4n) is 5.22. The monoisotopic (exact) mass is 429 g/mol. The molecule has 0 radical (unpaired) electrons. The maximum absolute atomic E-state index is 13.1. The van der Waals surface area contributed by atoms with Crippen molar-refractivity contribution in [3.8, 4) is 17.3 Å². The average molecular weight is 430 g/mol. The highest BCUT2D eigenvalue weighted by atomic mass is 16.5. The molecule has 6 rings (SSSR count). The summed E-state index contributed by atoms with van der Waals surface area (Å²) in [5.41, 5.74) is 10.8. The normalized spacial score (nSPS) is 20.7. The smallest absolute Gasteiger partial charge is 0.253 e. The summed E-state index contributed by atoms with van der Waals surface area (Å²) in [4.78, 5) is 19.9. The van der Waals surface area contributed by atoms with Crippen molar-refractivity contribution in [2.45, 2.75) is 31.8 Å². The lowest BCUT2D eigenvalue weighted by Crippen LogP contribution is -2.45. The Morgan fingerprint density at radius 3 is 2.94 bits per heavy atom. The molecule has 2 atom stereocenters. The zero-order chi connectivity index (χ0) is 22.0. The summed E-state index contributed by atoms with van der Waals surface area (Å²) in [6, 6.07) is 14.4. The molecule has 2 aromatic carbocycles. The van der Waals surface area contributed by atoms with Crippen molar-refractivity contribution >= 4 is 27.8 Å². The minimum atomic E-state index is 0.0354. The number of carbonyl (C=O) groups excluding carboxylic acids is 1. The topological polar surface area (TPSA) is 78.3 Å². The fourth-order valence-corrected chi connectivity index (χ4v) is 5.22. The largest absolute Gasteiger partial charge is 0.489 e. The number of amides is 1. The van der Waals surface area contributed by atoms with Crippen LogP contribution in [0.3, 0.4) is 0 Å². The Morgan fingerprint density at radius 2 is 2.09 bits per heavy atom. The van der Waals surface area contributed by atoms with E-state index in [4.69, 9.17) is 15.5 Å². The van der Waals surface area contributed by atoms with Crippen LogP contribution in [-0.4, -0.2) is 50.7 Å². The van der Waals surface area contributed by atoms with Gasteiger partial charge in [-0.25, -0.2) is 4.98 Å². The summed E-state index contributed by atoms with van der Waals surface area (Å²) in [6.07, 6.45) is 1.93. The summed E-state index contributed by atoms with van der Waals surface area (Å²) in [5.74, 6) is 1.84. The van der Waals surface area contributed by atoms with Gasteiger partial charge in [0, 0.05) is 37.1 Å². The van der Waals surface area contributed by atoms with Crippen LogP contribution in [0.2, 0.25) is 0 Å². The number of aromatic nitrogens is 3. The highest BCUT2D eigenvalue weighted by Gasteiger charge is 2.26. The van der Waals surface area contributed by atoms with Crippen molar-refractivity contribution in [3.05, 3.63) is 48.0 Å². The number of imidazole rings is 1. The average Bonchev–Trinajstić information content (AvgIpc) is 3.35. The summed E-state index contributed by atoms with van der Waals surface area (Å²) in [7, 11) is 2.03. The molecule has 2 N–H and O–H groups in total. The van der Waals surface area contributed by atoms with Crippen LogP contribution in [0.15, 0.2) is 42.5 Å². The third kappa shape index (κ3) is 2.84. The lowest BCUT2D eigenvalue weighted by Gasteiger charge is -2.30. The zero-order valence-electron chi connectivity index (χ0n) is 18.4. The molecule has 4 aromatic rings. The van der Waals surface area contributed by atoms with Crippen LogP contribution in [0.25, 0.3) is 33.5 Å². The first-order valence-electron chi connectivity index (χ1n) is 11.3. The SMILES string of the molecule is CC1COc2cccc3cc(-c4nc5cc(C(=O)N6CCC[C@@H](N)C6)ccc5n4C)n1c23. The van der Waals surface area contributed by atoms with Gasteiger partial charge in [0.25, 0.3) is 5.91 Å². The van der Waals surface area contributed by atoms with E-state index in [2.05, 4.69) is 28.2 Å². The number of fused-ring (bicyclic) bond motifs is 1. The van der Waals surface area contributed by atoms with Gasteiger partial charge in [0.15, 0.2) is 5.82 Å². The third-order valence-corrected chi connectivity index (χ3v) is 6.85. The molecule has 4 heterocycles. The number of benzene rings is 2. The molecule has 1 saturated heterocycles. The molecule has 1 fully saturated rings. The number of piperidine rings is 1. The molecule has 0 aliphatic carbocycles. The van der Waals surface area contributed by atoms with Gasteiger partial charge < -0.3 is 24.5 Å². The Labute approximate surface area is 186 Å². The Bertz CT molecular complexity index is 1370. The second-order valence-electron chi connectivity index (χ2n) is 9.10. The van der Waals surface area contributed by atoms with E-state index in [1.807, 2.05) is 42.3 Å². The van der Waals surface area contributed by atoms with Crippen LogP contribution < -0.4 is 10.5 Å². The molecule has 7 heteroatoms. The summed E-state index contributed by atoms with van der Waals surface area (Å²) < 4.78 is 10.4. The van der Waals surface area contributed by atoms with Gasteiger partial charge in [0.2, 0.25) is 0 Å². The van der Waals surface area contributed by atoms with Crippen LogP contribution in [0, 0.1) is 0 Å². The van der Waals surface area contributed by atoms with Gasteiger partial charge in [-0.2, -0.15) is 0 Å². The molecule has 2 aliphatic rings. The number of para-hydroxylation sites is 1. The Kier molecular flexibility index (Phi) is 4.30. The molecule has 2 aliphatic heterocycles. The lowest BCUT2D eigenvalue weighted by molar-refractivity contribution is 0.0709. The molecule has 164 valence electrons. The number of ether oxygens (including phenoxy) is 1. The standard InChI is InChI=1S/C25H27N5O2/c1-15-14-32-22-7-3-5-16-12-21(30(15)23(16)22)24-27-19-11-17(8-9-20(19)28(24)2)25(31)29-10-4-6-18(26)13-29/h3,5,7-9,11-12,15,18H,4,6,10,13-14,26H2,1-2H3/t15?,18-/m1/s1. The van der Waals surface area contributed by atoms with Crippen LogP contribution in [0.1, 0.15) is 36.2 Å². The molecule has 7 nitrogen and oxygen atoms in total. The van der Waals surface area contributed by atoms with E-state index < -0.39 is 0 Å². The van der Waals surface area contributed by atoms with Gasteiger partial charge in [-0.05, 0) is 50.1 Å². The van der Waals surface area contributed by atoms with Crippen molar-refractivity contribution < 1.29 is 9.53 Å². The van der Waals surface area contributed by atoms with Crippen molar-refractivity contribution in [1.82, 2.24) is 19.0 Å². The predicted molar refractivity (Wildman–Crippen MR) is 125 cm³/mol. The number of likely N-dealkylation sites (tertiary alicyclic amines) is 1. The lowest BCUT2D eigenvalue weighted by atomic mass is 10.1. The van der Waals surface area contributed by atoms with Crippen molar-refractivity contribution in [3.63, 3.8) is 0 Å². The van der Waals surface area contributed by atoms with Gasteiger partial charge in [0.1, 0.15) is 12.4 Å². The maximum atomic E-state index is 13.1. The van der Waals surface area contributed by atoms with Crippen LogP contribution >= 0.6 is 0 Å². The zero-order valence-corrected chi connectivity index (χ0v) is 18.4. The molecule has 0 saturated carbocycles. The minimum Gasteiger partial charge on any atom is -0.489 e. The van der Waals surface area contributed by atoms with Crippen molar-refractivity contribution in [2.75, 3.05) is 19.7 Å². The Morgan fingerprint density at radius 1 is 1.22 bits per heavy atom. The fraction of sp³-hybridized carbons (Fsp3) is 0.360. The molecule has 1 unspecified atom stereocenters. The first kappa shape index (κ1) is 19.4. The molecule has 2 aromatic heterocycles. The van der Waals surface area contributed by atoms with Crippen LogP contribution in [-0.2, 0) is 7.05 Å². The van der Waals surface area contributed by atoms with E-state index in [-0.39, 0.29) is 18.0 Å². The van der Waals surface area contributed by atoms with Gasteiger partial charge in [-0.1, -0.05) is 12.1 Å². The number of hydrogen-bond donors (Lipinski definition) is 1. The van der Waals surface area contributed by atoms with Crippen molar-refractivity contribution in [1.29, 1.82) is 0 Å². The minimum absolute atomic E-state index is 0.0354. The molecule has 0 spiro atoms. The van der Waals surface area contributed by atoms with Gasteiger partial charge in [-0.15, -0.1) is 0 Å². The van der Waals surface area contributed by atoms with Gasteiger partial charge in [0.05, 0.1) is 28.3 Å². The van der Waals surface area contributed by atoms with E-state index >= 15 is 0 Å². The highest BCUT2D eigenvalue weighted by molar-refractivity contribution is 5.98.